The van der Waals surface area contributed by atoms with E-state index in [9.17, 15) is 27.2 Å². The largest absolute Gasteiger partial charge is 0.484 e. The molecule has 1 aliphatic heterocycles. The molecule has 1 N–H and O–H groups in total. The topological polar surface area (TPSA) is 116 Å². The van der Waals surface area contributed by atoms with Crippen LogP contribution in [0.2, 0.25) is 5.02 Å². The highest BCUT2D eigenvalue weighted by atomic mass is 35.5. The van der Waals surface area contributed by atoms with Gasteiger partial charge in [0.15, 0.2) is 6.61 Å². The molecule has 2 amide bonds. The summed E-state index contributed by atoms with van der Waals surface area (Å²) in [4.78, 5) is 26.7. The van der Waals surface area contributed by atoms with Crippen molar-refractivity contribution in [3.8, 4) is 11.8 Å². The number of amides is 2. The van der Waals surface area contributed by atoms with Gasteiger partial charge in [0.1, 0.15) is 29.8 Å². The van der Waals surface area contributed by atoms with Crippen molar-refractivity contribution in [3.05, 3.63) is 34.9 Å². The minimum atomic E-state index is -4.41. The van der Waals surface area contributed by atoms with Crippen LogP contribution >= 0.6 is 11.6 Å². The highest BCUT2D eigenvalue weighted by Crippen LogP contribution is 2.33. The standard InChI is InChI=1S/C23H27ClF4N4O6/c1-22(2,3)38-21(34)32-11-13(29-18(33)12-36-14-5-6-15(24)16(25)10-14)4-7-17(32)19-30-31-20(37-19)35-9-8-23(26,27)28/h5-6,10,13,17H,4,7-9,11-12H2,1-3H3,(H,29,33)/t13-,17+/m1/s1. The van der Waals surface area contributed by atoms with Gasteiger partial charge in [-0.1, -0.05) is 16.7 Å². The van der Waals surface area contributed by atoms with Crippen molar-refractivity contribution in [2.24, 2.45) is 0 Å². The van der Waals surface area contributed by atoms with E-state index in [1.165, 1.54) is 17.0 Å². The summed E-state index contributed by atoms with van der Waals surface area (Å²) in [7, 11) is 0. The Hall–Kier alpha value is -3.29. The van der Waals surface area contributed by atoms with Crippen molar-refractivity contribution in [1.82, 2.24) is 20.4 Å². The molecule has 0 spiro atoms. The third kappa shape index (κ3) is 8.92. The van der Waals surface area contributed by atoms with Crippen LogP contribution in [0.15, 0.2) is 22.6 Å². The van der Waals surface area contributed by atoms with Crippen LogP contribution in [0.1, 0.15) is 52.0 Å². The van der Waals surface area contributed by atoms with E-state index >= 15 is 0 Å². The molecule has 10 nitrogen and oxygen atoms in total. The molecule has 210 valence electrons. The number of rotatable bonds is 8. The normalized spacial score (nSPS) is 18.2. The number of benzene rings is 1. The van der Waals surface area contributed by atoms with Crippen LogP contribution in [0.5, 0.6) is 11.8 Å². The van der Waals surface area contributed by atoms with Gasteiger partial charge in [0.2, 0.25) is 5.89 Å². The van der Waals surface area contributed by atoms with Gasteiger partial charge in [0, 0.05) is 18.7 Å². The Labute approximate surface area is 220 Å². The van der Waals surface area contributed by atoms with Crippen molar-refractivity contribution in [2.75, 3.05) is 19.8 Å². The molecule has 0 bridgehead atoms. The summed E-state index contributed by atoms with van der Waals surface area (Å²) in [6.07, 6.45) is -6.13. The molecule has 2 heterocycles. The van der Waals surface area contributed by atoms with Crippen molar-refractivity contribution in [1.29, 1.82) is 0 Å². The maximum absolute atomic E-state index is 13.6. The maximum atomic E-state index is 13.6. The fraction of sp³-hybridized carbons (Fsp3) is 0.565. The van der Waals surface area contributed by atoms with E-state index in [0.29, 0.717) is 6.42 Å². The van der Waals surface area contributed by atoms with E-state index in [4.69, 9.17) is 30.2 Å². The molecule has 2 atom stereocenters. The number of aromatic nitrogens is 2. The van der Waals surface area contributed by atoms with Crippen LogP contribution in [-0.4, -0.2) is 64.7 Å². The third-order valence-corrected chi connectivity index (χ3v) is 5.46. The molecule has 0 saturated carbocycles. The molecule has 1 aromatic heterocycles. The zero-order valence-corrected chi connectivity index (χ0v) is 21.6. The van der Waals surface area contributed by atoms with Gasteiger partial charge >= 0.3 is 18.3 Å². The summed E-state index contributed by atoms with van der Waals surface area (Å²) < 4.78 is 71.7. The molecule has 2 aromatic rings. The van der Waals surface area contributed by atoms with Gasteiger partial charge in [-0.05, 0) is 45.7 Å². The van der Waals surface area contributed by atoms with Gasteiger partial charge in [-0.2, -0.15) is 13.2 Å². The second-order valence-electron chi connectivity index (χ2n) is 9.47. The Morgan fingerprint density at radius 2 is 1.92 bits per heavy atom. The summed E-state index contributed by atoms with van der Waals surface area (Å²) in [5, 5.41) is 10.1. The lowest BCUT2D eigenvalue weighted by Crippen LogP contribution is -2.52. The molecular weight excluding hydrogens is 540 g/mol. The van der Waals surface area contributed by atoms with E-state index < -0.39 is 67.4 Å². The van der Waals surface area contributed by atoms with Crippen LogP contribution in [0.3, 0.4) is 0 Å². The number of carbonyl (C=O) groups is 2. The second kappa shape index (κ2) is 12.0. The lowest BCUT2D eigenvalue weighted by atomic mass is 9.98. The van der Waals surface area contributed by atoms with Crippen LogP contribution in [0, 0.1) is 5.82 Å². The number of ether oxygens (including phenoxy) is 3. The Balaban J connectivity index is 1.63. The number of halogens is 5. The van der Waals surface area contributed by atoms with Crippen LogP contribution in [-0.2, 0) is 9.53 Å². The molecule has 0 radical (unpaired) electrons. The Morgan fingerprint density at radius 3 is 2.58 bits per heavy atom. The molecule has 0 unspecified atom stereocenters. The summed E-state index contributed by atoms with van der Waals surface area (Å²) in [5.74, 6) is -1.13. The SMILES string of the molecule is CC(C)(C)OC(=O)N1C[C@H](NC(=O)COc2ccc(Cl)c(F)c2)CC[C@H]1c1nnc(OCCC(F)(F)F)o1. The number of hydrogen-bond donors (Lipinski definition) is 1. The molecule has 15 heteroatoms. The molecule has 0 aliphatic carbocycles. The first-order chi connectivity index (χ1) is 17.7. The van der Waals surface area contributed by atoms with Crippen molar-refractivity contribution in [2.45, 2.75) is 63.9 Å². The van der Waals surface area contributed by atoms with Crippen LogP contribution in [0.25, 0.3) is 0 Å². The van der Waals surface area contributed by atoms with Crippen molar-refractivity contribution >= 4 is 23.6 Å². The predicted octanol–water partition coefficient (Wildman–Crippen LogP) is 4.83. The van der Waals surface area contributed by atoms with Crippen LogP contribution in [0.4, 0.5) is 22.4 Å². The third-order valence-electron chi connectivity index (χ3n) is 5.15. The molecule has 1 saturated heterocycles. The second-order valence-corrected chi connectivity index (χ2v) is 9.88. The lowest BCUT2D eigenvalue weighted by Gasteiger charge is -2.38. The molecule has 1 fully saturated rings. The van der Waals surface area contributed by atoms with Gasteiger partial charge in [0.05, 0.1) is 11.4 Å². The van der Waals surface area contributed by atoms with Gasteiger partial charge in [-0.3, -0.25) is 9.69 Å². The maximum Gasteiger partial charge on any atom is 0.414 e. The zero-order valence-electron chi connectivity index (χ0n) is 20.8. The minimum absolute atomic E-state index is 0.00748. The predicted molar refractivity (Wildman–Crippen MR) is 124 cm³/mol. The highest BCUT2D eigenvalue weighted by molar-refractivity contribution is 6.30. The van der Waals surface area contributed by atoms with E-state index in [1.54, 1.807) is 20.8 Å². The monoisotopic (exact) mass is 566 g/mol. The van der Waals surface area contributed by atoms with E-state index in [1.807, 2.05) is 0 Å². The molecule has 1 aromatic carbocycles. The van der Waals surface area contributed by atoms with E-state index in [0.717, 1.165) is 6.07 Å². The molecular formula is C23H27ClF4N4O6. The Morgan fingerprint density at radius 1 is 1.18 bits per heavy atom. The zero-order chi connectivity index (χ0) is 28.1. The van der Waals surface area contributed by atoms with Gasteiger partial charge in [0.25, 0.3) is 5.91 Å². The van der Waals surface area contributed by atoms with Gasteiger partial charge < -0.3 is 23.9 Å². The fourth-order valence-electron chi connectivity index (χ4n) is 3.52. The summed E-state index contributed by atoms with van der Waals surface area (Å²) in [6, 6.07) is 2.51. The first-order valence-corrected chi connectivity index (χ1v) is 12.0. The summed E-state index contributed by atoms with van der Waals surface area (Å²) in [5.41, 5.74) is -0.833. The van der Waals surface area contributed by atoms with E-state index in [2.05, 4.69) is 15.5 Å². The van der Waals surface area contributed by atoms with Crippen molar-refractivity contribution in [3.63, 3.8) is 0 Å². The molecule has 1 aliphatic rings. The summed E-state index contributed by atoms with van der Waals surface area (Å²) >= 11 is 5.63. The van der Waals surface area contributed by atoms with Crippen molar-refractivity contribution < 1.29 is 45.8 Å². The van der Waals surface area contributed by atoms with Gasteiger partial charge in [-0.25, -0.2) is 9.18 Å². The average Bonchev–Trinajstić information content (AvgIpc) is 3.26. The molecule has 3 rings (SSSR count). The molecule has 38 heavy (non-hydrogen) atoms. The number of nitrogens with zero attached hydrogens (tertiary/aromatic N) is 3. The van der Waals surface area contributed by atoms with Gasteiger partial charge in [-0.15, -0.1) is 5.10 Å². The average molecular weight is 567 g/mol. The van der Waals surface area contributed by atoms with Crippen LogP contribution < -0.4 is 14.8 Å². The smallest absolute Gasteiger partial charge is 0.414 e. The Bertz CT molecular complexity index is 1120. The number of likely N-dealkylation sites (tertiary alicyclic amines) is 1. The number of carbonyl (C=O) groups excluding carboxylic acids is 2. The minimum Gasteiger partial charge on any atom is -0.484 e. The Kier molecular flexibility index (Phi) is 9.28. The highest BCUT2D eigenvalue weighted by Gasteiger charge is 2.39. The fourth-order valence-corrected chi connectivity index (χ4v) is 3.64. The lowest BCUT2D eigenvalue weighted by molar-refractivity contribution is -0.140. The number of piperidine rings is 1. The summed E-state index contributed by atoms with van der Waals surface area (Å²) in [6.45, 7) is 3.94. The number of nitrogens with one attached hydrogen (secondary N) is 1. The number of hydrogen-bond acceptors (Lipinski definition) is 8. The quantitative estimate of drug-likeness (QED) is 0.452. The first kappa shape index (κ1) is 29.3. The number of alkyl halides is 3. The van der Waals surface area contributed by atoms with E-state index in [-0.39, 0.29) is 29.6 Å². The first-order valence-electron chi connectivity index (χ1n) is 11.6.